The largest absolute Gasteiger partial charge is 0.123 e. The first-order chi connectivity index (χ1) is 4.20. The summed E-state index contributed by atoms with van der Waals surface area (Å²) in [6, 6.07) is 0. The summed E-state index contributed by atoms with van der Waals surface area (Å²) < 4.78 is 0. The lowest BCUT2D eigenvalue weighted by molar-refractivity contribution is 0.397. The fraction of sp³-hybridized carbons (Fsp3) is 1.00. The molecule has 1 heteroatoms. The first-order valence-electron chi connectivity index (χ1n) is 3.84. The molecule has 0 N–H and O–H groups in total. The molecule has 0 aromatic carbocycles. The van der Waals surface area contributed by atoms with Crippen LogP contribution in [0.2, 0.25) is 0 Å². The summed E-state index contributed by atoms with van der Waals surface area (Å²) in [5.74, 6) is 1.75. The molecule has 0 saturated heterocycles. The van der Waals surface area contributed by atoms with E-state index in [4.69, 9.17) is 11.6 Å². The molecule has 2 unspecified atom stereocenters. The molecule has 2 atom stereocenters. The van der Waals surface area contributed by atoms with Crippen LogP contribution < -0.4 is 0 Å². The highest BCUT2D eigenvalue weighted by molar-refractivity contribution is 6.20. The van der Waals surface area contributed by atoms with Crippen molar-refractivity contribution in [3.05, 3.63) is 0 Å². The second-order valence-electron chi connectivity index (χ2n) is 3.41. The predicted molar refractivity (Wildman–Crippen MR) is 41.8 cm³/mol. The van der Waals surface area contributed by atoms with Gasteiger partial charge >= 0.3 is 0 Å². The second kappa shape index (κ2) is 2.92. The Hall–Kier alpha value is 0.290. The first-order valence-corrected chi connectivity index (χ1v) is 4.28. The fourth-order valence-electron chi connectivity index (χ4n) is 1.56. The van der Waals surface area contributed by atoms with Gasteiger partial charge in [-0.15, -0.1) is 11.6 Å². The van der Waals surface area contributed by atoms with Crippen molar-refractivity contribution in [1.82, 2.24) is 0 Å². The maximum absolute atomic E-state index is 5.95. The molecule has 0 spiro atoms. The van der Waals surface area contributed by atoms with Crippen LogP contribution in [0.15, 0.2) is 0 Å². The Morgan fingerprint density at radius 1 is 1.33 bits per heavy atom. The molecule has 54 valence electrons. The summed E-state index contributed by atoms with van der Waals surface area (Å²) in [7, 11) is 0. The van der Waals surface area contributed by atoms with Crippen molar-refractivity contribution < 1.29 is 0 Å². The molecule has 0 aromatic rings. The van der Waals surface area contributed by atoms with E-state index in [-0.39, 0.29) is 0 Å². The molecule has 0 amide bonds. The van der Waals surface area contributed by atoms with Gasteiger partial charge in [0.05, 0.1) is 0 Å². The molecule has 1 saturated carbocycles. The minimum absolute atomic E-state index is 0.484. The van der Waals surface area contributed by atoms with E-state index in [2.05, 4.69) is 13.8 Å². The SMILES string of the molecule is CC(C)C1CCC(Cl)C1. The van der Waals surface area contributed by atoms with E-state index in [9.17, 15) is 0 Å². The molecule has 0 aromatic heterocycles. The van der Waals surface area contributed by atoms with Gasteiger partial charge in [-0.3, -0.25) is 0 Å². The summed E-state index contributed by atoms with van der Waals surface area (Å²) in [4.78, 5) is 0. The zero-order valence-electron chi connectivity index (χ0n) is 6.23. The molecule has 1 rings (SSSR count). The van der Waals surface area contributed by atoms with Crippen molar-refractivity contribution in [2.45, 2.75) is 38.5 Å². The Morgan fingerprint density at radius 3 is 2.22 bits per heavy atom. The van der Waals surface area contributed by atoms with Gasteiger partial charge in [0.25, 0.3) is 0 Å². The van der Waals surface area contributed by atoms with Crippen LogP contribution in [0.1, 0.15) is 33.1 Å². The van der Waals surface area contributed by atoms with Gasteiger partial charge in [-0.05, 0) is 31.1 Å². The summed E-state index contributed by atoms with van der Waals surface area (Å²) in [6.07, 6.45) is 3.84. The van der Waals surface area contributed by atoms with E-state index in [0.29, 0.717) is 5.38 Å². The Labute approximate surface area is 62.6 Å². The lowest BCUT2D eigenvalue weighted by atomic mass is 9.95. The molecular weight excluding hydrogens is 132 g/mol. The van der Waals surface area contributed by atoms with Crippen LogP contribution >= 0.6 is 11.6 Å². The van der Waals surface area contributed by atoms with Crippen molar-refractivity contribution >= 4 is 11.6 Å². The Kier molecular flexibility index (Phi) is 2.40. The van der Waals surface area contributed by atoms with Gasteiger partial charge in [-0.25, -0.2) is 0 Å². The molecule has 1 aliphatic carbocycles. The average Bonchev–Trinajstić information content (AvgIpc) is 2.14. The maximum atomic E-state index is 5.95. The molecule has 9 heavy (non-hydrogen) atoms. The van der Waals surface area contributed by atoms with E-state index in [1.54, 1.807) is 0 Å². The van der Waals surface area contributed by atoms with Gasteiger partial charge in [0.15, 0.2) is 0 Å². The fourth-order valence-corrected chi connectivity index (χ4v) is 1.92. The smallest absolute Gasteiger partial charge is 0.0338 e. The molecule has 0 heterocycles. The number of rotatable bonds is 1. The summed E-state index contributed by atoms with van der Waals surface area (Å²) in [5, 5.41) is 0.484. The predicted octanol–water partition coefficient (Wildman–Crippen LogP) is 3.05. The third-order valence-electron chi connectivity index (χ3n) is 2.35. The minimum Gasteiger partial charge on any atom is -0.123 e. The first kappa shape index (κ1) is 7.40. The highest BCUT2D eigenvalue weighted by Crippen LogP contribution is 2.33. The van der Waals surface area contributed by atoms with Crippen LogP contribution in [0.5, 0.6) is 0 Å². The molecular formula is C8H15Cl. The van der Waals surface area contributed by atoms with Crippen LogP contribution in [0.25, 0.3) is 0 Å². The van der Waals surface area contributed by atoms with Crippen LogP contribution in [0.3, 0.4) is 0 Å². The Bertz CT molecular complexity index is 88.6. The van der Waals surface area contributed by atoms with Gasteiger partial charge in [-0.2, -0.15) is 0 Å². The van der Waals surface area contributed by atoms with Crippen LogP contribution in [0, 0.1) is 11.8 Å². The number of halogens is 1. The lowest BCUT2D eigenvalue weighted by Crippen LogP contribution is -2.03. The molecule has 0 aliphatic heterocycles. The van der Waals surface area contributed by atoms with E-state index >= 15 is 0 Å². The highest BCUT2D eigenvalue weighted by Gasteiger charge is 2.24. The molecule has 0 bridgehead atoms. The van der Waals surface area contributed by atoms with Gasteiger partial charge < -0.3 is 0 Å². The van der Waals surface area contributed by atoms with Crippen molar-refractivity contribution in [3.63, 3.8) is 0 Å². The summed E-state index contributed by atoms with van der Waals surface area (Å²) in [5.41, 5.74) is 0. The minimum atomic E-state index is 0.484. The van der Waals surface area contributed by atoms with Crippen molar-refractivity contribution in [3.8, 4) is 0 Å². The Balaban J connectivity index is 2.30. The van der Waals surface area contributed by atoms with Gasteiger partial charge in [-0.1, -0.05) is 13.8 Å². The van der Waals surface area contributed by atoms with Gasteiger partial charge in [0.1, 0.15) is 0 Å². The Morgan fingerprint density at radius 2 is 2.00 bits per heavy atom. The van der Waals surface area contributed by atoms with Gasteiger partial charge in [0, 0.05) is 5.38 Å². The third-order valence-corrected chi connectivity index (χ3v) is 2.75. The van der Waals surface area contributed by atoms with E-state index in [1.165, 1.54) is 19.3 Å². The average molecular weight is 147 g/mol. The van der Waals surface area contributed by atoms with E-state index in [0.717, 1.165) is 11.8 Å². The normalized spacial score (nSPS) is 36.0. The standard InChI is InChI=1S/C8H15Cl/c1-6(2)7-3-4-8(9)5-7/h6-8H,3-5H2,1-2H3. The van der Waals surface area contributed by atoms with Crippen LogP contribution in [-0.2, 0) is 0 Å². The second-order valence-corrected chi connectivity index (χ2v) is 4.03. The zero-order valence-corrected chi connectivity index (χ0v) is 6.99. The highest BCUT2D eigenvalue weighted by atomic mass is 35.5. The molecule has 1 fully saturated rings. The number of hydrogen-bond donors (Lipinski definition) is 0. The number of hydrogen-bond acceptors (Lipinski definition) is 0. The van der Waals surface area contributed by atoms with E-state index < -0.39 is 0 Å². The topological polar surface area (TPSA) is 0 Å². The monoisotopic (exact) mass is 146 g/mol. The van der Waals surface area contributed by atoms with Crippen molar-refractivity contribution in [1.29, 1.82) is 0 Å². The van der Waals surface area contributed by atoms with Crippen molar-refractivity contribution in [2.75, 3.05) is 0 Å². The van der Waals surface area contributed by atoms with Gasteiger partial charge in [0.2, 0.25) is 0 Å². The summed E-state index contributed by atoms with van der Waals surface area (Å²) in [6.45, 7) is 4.58. The van der Waals surface area contributed by atoms with Crippen LogP contribution in [-0.4, -0.2) is 5.38 Å². The molecule has 1 aliphatic rings. The number of alkyl halides is 1. The molecule has 0 radical (unpaired) electrons. The zero-order chi connectivity index (χ0) is 6.85. The quantitative estimate of drug-likeness (QED) is 0.499. The van der Waals surface area contributed by atoms with E-state index in [1.807, 2.05) is 0 Å². The third kappa shape index (κ3) is 1.86. The van der Waals surface area contributed by atoms with Crippen molar-refractivity contribution in [2.24, 2.45) is 11.8 Å². The maximum Gasteiger partial charge on any atom is 0.0338 e. The summed E-state index contributed by atoms with van der Waals surface area (Å²) >= 11 is 5.95. The lowest BCUT2D eigenvalue weighted by Gasteiger charge is -2.12. The molecule has 0 nitrogen and oxygen atoms in total. The van der Waals surface area contributed by atoms with Crippen LogP contribution in [0.4, 0.5) is 0 Å².